The maximum absolute atomic E-state index is 13.2. The van der Waals surface area contributed by atoms with Crippen LogP contribution in [0.15, 0.2) is 47.6 Å². The molecule has 0 atom stereocenters. The predicted molar refractivity (Wildman–Crippen MR) is 99.8 cm³/mol. The lowest BCUT2D eigenvalue weighted by Gasteiger charge is -2.27. The molecule has 0 bridgehead atoms. The number of ether oxygens (including phenoxy) is 2. The lowest BCUT2D eigenvalue weighted by molar-refractivity contribution is -0.361. The topological polar surface area (TPSA) is 66.6 Å². The van der Waals surface area contributed by atoms with Crippen LogP contribution in [0.25, 0.3) is 0 Å². The zero-order valence-electron chi connectivity index (χ0n) is 16.4. The van der Waals surface area contributed by atoms with Gasteiger partial charge >= 0.3 is 18.1 Å². The van der Waals surface area contributed by atoms with Crippen molar-refractivity contribution in [3.05, 3.63) is 59.2 Å². The quantitative estimate of drug-likeness (QED) is 0.239. The molecule has 0 aromatic heterocycles. The van der Waals surface area contributed by atoms with Crippen LogP contribution in [0.1, 0.15) is 23.6 Å². The second-order valence-corrected chi connectivity index (χ2v) is 6.25. The average Bonchev–Trinajstić information content (AvgIpc) is 2.72. The molecule has 0 aliphatic carbocycles. The number of hydrogen-bond acceptors (Lipinski definition) is 5. The van der Waals surface area contributed by atoms with E-state index in [1.807, 2.05) is 6.07 Å². The van der Waals surface area contributed by atoms with E-state index < -0.39 is 18.1 Å². The molecule has 0 saturated heterocycles. The minimum absolute atomic E-state index is 0.0674. The standard InChI is InChI=1S/C20H16F7N3O2/c1-2-31-17-9-15(11-29-30-20(26,27)18(21,22)19(23,24)25)7-8-16(17)32-12-14-5-3-13(10-28)4-6-14/h3-9,11,30H,2,12H2,1H3/b29-11-. The highest BCUT2D eigenvalue weighted by Crippen LogP contribution is 2.45. The van der Waals surface area contributed by atoms with E-state index in [1.54, 1.807) is 31.2 Å². The molecule has 2 aromatic carbocycles. The molecule has 172 valence electrons. The molecule has 0 amide bonds. The summed E-state index contributed by atoms with van der Waals surface area (Å²) in [6, 6.07) is 6.87. The normalized spacial score (nSPS) is 12.5. The SMILES string of the molecule is CCOc1cc(/C=N\NC(F)(F)C(F)(F)C(F)(F)F)ccc1OCc1ccc(C#N)cc1. The molecule has 2 rings (SSSR count). The van der Waals surface area contributed by atoms with E-state index in [9.17, 15) is 30.7 Å². The summed E-state index contributed by atoms with van der Waals surface area (Å²) >= 11 is 0. The number of nitrogens with zero attached hydrogens (tertiary/aromatic N) is 2. The third-order valence-electron chi connectivity index (χ3n) is 3.91. The first-order valence-electron chi connectivity index (χ1n) is 8.92. The Balaban J connectivity index is 2.12. The van der Waals surface area contributed by atoms with Crippen LogP contribution in [0, 0.1) is 11.3 Å². The Morgan fingerprint density at radius 3 is 2.19 bits per heavy atom. The van der Waals surface area contributed by atoms with Crippen LogP contribution in [0.5, 0.6) is 11.5 Å². The number of rotatable bonds is 9. The molecule has 5 nitrogen and oxygen atoms in total. The van der Waals surface area contributed by atoms with Gasteiger partial charge in [0.1, 0.15) is 6.61 Å². The third-order valence-corrected chi connectivity index (χ3v) is 3.91. The molecule has 0 spiro atoms. The van der Waals surface area contributed by atoms with Crippen molar-refractivity contribution in [2.45, 2.75) is 31.7 Å². The van der Waals surface area contributed by atoms with Gasteiger partial charge in [-0.1, -0.05) is 12.1 Å². The summed E-state index contributed by atoms with van der Waals surface area (Å²) in [5, 5.41) is 11.6. The van der Waals surface area contributed by atoms with Crippen LogP contribution >= 0.6 is 0 Å². The summed E-state index contributed by atoms with van der Waals surface area (Å²) in [4.78, 5) is 0. The Morgan fingerprint density at radius 2 is 1.62 bits per heavy atom. The maximum atomic E-state index is 13.2. The fraction of sp³-hybridized carbons (Fsp3) is 0.300. The molecular weight excluding hydrogens is 447 g/mol. The van der Waals surface area contributed by atoms with Crippen LogP contribution < -0.4 is 14.9 Å². The average molecular weight is 463 g/mol. The smallest absolute Gasteiger partial charge is 0.462 e. The van der Waals surface area contributed by atoms with Gasteiger partial charge in [0.05, 0.1) is 24.5 Å². The first-order valence-corrected chi connectivity index (χ1v) is 8.92. The first-order chi connectivity index (χ1) is 14.9. The summed E-state index contributed by atoms with van der Waals surface area (Å²) in [5.41, 5.74) is 1.83. The number of hydrogen-bond donors (Lipinski definition) is 1. The van der Waals surface area contributed by atoms with Gasteiger partial charge in [0, 0.05) is 0 Å². The number of halogens is 7. The molecule has 1 N–H and O–H groups in total. The van der Waals surface area contributed by atoms with Crippen LogP contribution in [-0.2, 0) is 6.61 Å². The Kier molecular flexibility index (Phi) is 7.56. The minimum Gasteiger partial charge on any atom is -0.490 e. The molecule has 0 aliphatic heterocycles. The molecule has 0 saturated carbocycles. The molecule has 0 heterocycles. The Bertz CT molecular complexity index is 984. The van der Waals surface area contributed by atoms with Gasteiger partial charge in [-0.3, -0.25) is 0 Å². The van der Waals surface area contributed by atoms with Crippen molar-refractivity contribution in [3.63, 3.8) is 0 Å². The van der Waals surface area contributed by atoms with Crippen LogP contribution in [0.2, 0.25) is 0 Å². The molecule has 0 unspecified atom stereocenters. The number of nitriles is 1. The Labute approximate surface area is 178 Å². The van der Waals surface area contributed by atoms with Crippen molar-refractivity contribution in [2.24, 2.45) is 5.10 Å². The largest absolute Gasteiger partial charge is 0.490 e. The lowest BCUT2D eigenvalue weighted by Crippen LogP contribution is -2.58. The van der Waals surface area contributed by atoms with Gasteiger partial charge in [0.15, 0.2) is 11.5 Å². The Hall–Kier alpha value is -3.49. The van der Waals surface area contributed by atoms with E-state index in [0.29, 0.717) is 17.2 Å². The third kappa shape index (κ3) is 5.81. The second-order valence-electron chi connectivity index (χ2n) is 6.25. The van der Waals surface area contributed by atoms with E-state index >= 15 is 0 Å². The van der Waals surface area contributed by atoms with Crippen LogP contribution in [0.3, 0.4) is 0 Å². The maximum Gasteiger partial charge on any atom is 0.462 e. The molecule has 2 aromatic rings. The predicted octanol–water partition coefficient (Wildman–Crippen LogP) is 5.25. The highest BCUT2D eigenvalue weighted by atomic mass is 19.4. The van der Waals surface area contributed by atoms with Crippen molar-refractivity contribution in [1.82, 2.24) is 5.43 Å². The van der Waals surface area contributed by atoms with Crippen molar-refractivity contribution in [3.8, 4) is 17.6 Å². The number of hydrazone groups is 1. The van der Waals surface area contributed by atoms with Crippen LogP contribution in [-0.4, -0.2) is 31.0 Å². The number of nitrogens with one attached hydrogen (secondary N) is 1. The van der Waals surface area contributed by atoms with E-state index in [-0.39, 0.29) is 30.3 Å². The summed E-state index contributed by atoms with van der Waals surface area (Å²) in [5.74, 6) is -5.90. The van der Waals surface area contributed by atoms with Gasteiger partial charge in [-0.25, -0.2) is 5.43 Å². The summed E-state index contributed by atoms with van der Waals surface area (Å²) in [6.07, 6.45) is -5.83. The summed E-state index contributed by atoms with van der Waals surface area (Å²) in [7, 11) is 0. The van der Waals surface area contributed by atoms with Crippen molar-refractivity contribution in [2.75, 3.05) is 6.61 Å². The highest BCUT2D eigenvalue weighted by molar-refractivity contribution is 5.80. The zero-order valence-corrected chi connectivity index (χ0v) is 16.4. The second kappa shape index (κ2) is 9.76. The number of benzene rings is 2. The van der Waals surface area contributed by atoms with Crippen molar-refractivity contribution in [1.29, 1.82) is 5.26 Å². The zero-order chi connectivity index (χ0) is 24.0. The minimum atomic E-state index is -6.46. The van der Waals surface area contributed by atoms with Gasteiger partial charge in [-0.2, -0.15) is 41.1 Å². The van der Waals surface area contributed by atoms with E-state index in [4.69, 9.17) is 14.7 Å². The molecular formula is C20H16F7N3O2. The molecule has 32 heavy (non-hydrogen) atoms. The van der Waals surface area contributed by atoms with Gasteiger partial charge < -0.3 is 9.47 Å². The fourth-order valence-corrected chi connectivity index (χ4v) is 2.27. The highest BCUT2D eigenvalue weighted by Gasteiger charge is 2.73. The van der Waals surface area contributed by atoms with Gasteiger partial charge in [-0.15, -0.1) is 0 Å². The lowest BCUT2D eigenvalue weighted by atomic mass is 10.1. The van der Waals surface area contributed by atoms with Crippen molar-refractivity contribution >= 4 is 6.21 Å². The van der Waals surface area contributed by atoms with Gasteiger partial charge in [0.2, 0.25) is 0 Å². The van der Waals surface area contributed by atoms with E-state index in [0.717, 1.165) is 5.56 Å². The first kappa shape index (κ1) is 24.8. The Morgan fingerprint density at radius 1 is 0.969 bits per heavy atom. The van der Waals surface area contributed by atoms with Crippen molar-refractivity contribution < 1.29 is 40.2 Å². The fourth-order valence-electron chi connectivity index (χ4n) is 2.27. The summed E-state index contributed by atoms with van der Waals surface area (Å²) in [6.45, 7) is 1.97. The number of alkyl halides is 7. The van der Waals surface area contributed by atoms with E-state index in [2.05, 4.69) is 5.10 Å². The van der Waals surface area contributed by atoms with Gasteiger partial charge in [-0.05, 0) is 48.4 Å². The van der Waals surface area contributed by atoms with Crippen LogP contribution in [0.4, 0.5) is 30.7 Å². The molecule has 0 aliphatic rings. The van der Waals surface area contributed by atoms with Gasteiger partial charge in [0.25, 0.3) is 0 Å². The molecule has 0 fully saturated rings. The summed E-state index contributed by atoms with van der Waals surface area (Å²) < 4.78 is 99.5. The monoisotopic (exact) mass is 463 g/mol. The van der Waals surface area contributed by atoms with E-state index in [1.165, 1.54) is 18.2 Å². The molecule has 12 heteroatoms. The molecule has 0 radical (unpaired) electrons.